The summed E-state index contributed by atoms with van der Waals surface area (Å²) >= 11 is 6.80. The highest BCUT2D eigenvalue weighted by molar-refractivity contribution is 8.15. The van der Waals surface area contributed by atoms with Gasteiger partial charge in [0.05, 0.1) is 17.1 Å². The summed E-state index contributed by atoms with van der Waals surface area (Å²) in [7, 11) is 0. The Morgan fingerprint density at radius 2 is 1.86 bits per heavy atom. The number of carbonyl (C=O) groups is 2. The normalized spacial score (nSPS) is 14.7. The number of ether oxygens (including phenoxy) is 1. The van der Waals surface area contributed by atoms with Gasteiger partial charge in [-0.3, -0.25) is 14.6 Å². The second-order valence-electron chi connectivity index (χ2n) is 11.1. The van der Waals surface area contributed by atoms with Gasteiger partial charge >= 0.3 is 12.5 Å². The van der Waals surface area contributed by atoms with Crippen LogP contribution in [-0.4, -0.2) is 71.9 Å². The standard InChI is InChI=1S/C34H32F3N7O4S2/c1-5-42(33(46)47)28(39-31(49)40-32-44(29(45)18-50-32)27-17-20(2)16-21(3)22(27)4)15-8-23-6-9-24(10-7-23)30-38-19-43(41-30)25-11-13-26(14-12-25)48-34(35,36)37/h6-17,19,28H,5,18H2,1-4H3,(H,39,49)(H,46,47)/b15-8+,40-32-. The molecule has 11 nitrogen and oxygen atoms in total. The Morgan fingerprint density at radius 3 is 2.50 bits per heavy atom. The first-order valence-electron chi connectivity index (χ1n) is 15.2. The van der Waals surface area contributed by atoms with Crippen molar-refractivity contribution < 1.29 is 32.6 Å². The summed E-state index contributed by atoms with van der Waals surface area (Å²) in [5.41, 5.74) is 5.64. The summed E-state index contributed by atoms with van der Waals surface area (Å²) in [4.78, 5) is 36.6. The molecule has 3 aromatic carbocycles. The second kappa shape index (κ2) is 15.1. The molecular formula is C34H32F3N7O4S2. The number of hydrogen-bond donors (Lipinski definition) is 2. The molecule has 1 fully saturated rings. The Morgan fingerprint density at radius 1 is 1.16 bits per heavy atom. The molecule has 0 bridgehead atoms. The van der Waals surface area contributed by atoms with Crippen molar-refractivity contribution in [1.82, 2.24) is 25.0 Å². The van der Waals surface area contributed by atoms with E-state index in [1.54, 1.807) is 48.2 Å². The Bertz CT molecular complexity index is 1960. The van der Waals surface area contributed by atoms with Crippen LogP contribution in [-0.2, 0) is 4.79 Å². The predicted octanol–water partition coefficient (Wildman–Crippen LogP) is 7.11. The summed E-state index contributed by atoms with van der Waals surface area (Å²) in [6.07, 6.45) is -2.00. The van der Waals surface area contributed by atoms with Crippen molar-refractivity contribution in [2.75, 3.05) is 17.2 Å². The maximum absolute atomic E-state index is 12.9. The van der Waals surface area contributed by atoms with E-state index in [2.05, 4.69) is 25.1 Å². The number of likely N-dealkylation sites (N-methyl/N-ethyl adjacent to an activating group) is 1. The number of anilines is 1. The number of aryl methyl sites for hydroxylation is 2. The lowest BCUT2D eigenvalue weighted by Crippen LogP contribution is -2.48. The third-order valence-electron chi connectivity index (χ3n) is 7.65. The van der Waals surface area contributed by atoms with Crippen molar-refractivity contribution in [3.8, 4) is 22.8 Å². The highest BCUT2D eigenvalue weighted by Crippen LogP contribution is 2.32. The molecule has 1 saturated heterocycles. The monoisotopic (exact) mass is 723 g/mol. The van der Waals surface area contributed by atoms with E-state index < -0.39 is 18.6 Å². The van der Waals surface area contributed by atoms with Crippen molar-refractivity contribution in [2.45, 2.75) is 40.2 Å². The van der Waals surface area contributed by atoms with Gasteiger partial charge in [-0.25, -0.2) is 14.5 Å². The third-order valence-corrected chi connectivity index (χ3v) is 8.78. The molecule has 260 valence electrons. The van der Waals surface area contributed by atoms with Gasteiger partial charge in [0.15, 0.2) is 16.1 Å². The summed E-state index contributed by atoms with van der Waals surface area (Å²) in [6.45, 7) is 7.74. The number of carboxylic acid groups (broad SMARTS) is 1. The zero-order valence-corrected chi connectivity index (χ0v) is 28.9. The first-order chi connectivity index (χ1) is 23.7. The Labute approximate surface area is 295 Å². The predicted molar refractivity (Wildman–Crippen MR) is 190 cm³/mol. The molecule has 1 aliphatic rings. The fraction of sp³-hybridized carbons (Fsp3) is 0.235. The van der Waals surface area contributed by atoms with Crippen molar-refractivity contribution in [3.63, 3.8) is 0 Å². The van der Waals surface area contributed by atoms with Crippen LogP contribution in [0.15, 0.2) is 78.1 Å². The molecule has 16 heteroatoms. The van der Waals surface area contributed by atoms with E-state index in [0.717, 1.165) is 32.8 Å². The van der Waals surface area contributed by atoms with Crippen LogP contribution in [0.4, 0.5) is 23.7 Å². The van der Waals surface area contributed by atoms with Gasteiger partial charge in [0.2, 0.25) is 5.91 Å². The number of carbonyl (C=O) groups excluding carboxylic acids is 1. The van der Waals surface area contributed by atoms with E-state index in [1.165, 1.54) is 47.0 Å². The largest absolute Gasteiger partial charge is 0.573 e. The van der Waals surface area contributed by atoms with Gasteiger partial charge in [-0.15, -0.1) is 18.3 Å². The number of nitrogens with one attached hydrogen (secondary N) is 1. The van der Waals surface area contributed by atoms with E-state index in [1.807, 2.05) is 32.9 Å². The lowest BCUT2D eigenvalue weighted by atomic mass is 10.0. The number of amides is 2. The summed E-state index contributed by atoms with van der Waals surface area (Å²) in [5.74, 6) is 0.118. The van der Waals surface area contributed by atoms with E-state index in [-0.39, 0.29) is 29.1 Å². The minimum absolute atomic E-state index is 0.0168. The van der Waals surface area contributed by atoms with Crippen molar-refractivity contribution in [3.05, 3.63) is 95.3 Å². The molecule has 4 aromatic rings. The maximum atomic E-state index is 12.9. The molecule has 0 spiro atoms. The van der Waals surface area contributed by atoms with Gasteiger partial charge in [-0.1, -0.05) is 48.2 Å². The molecule has 0 aliphatic carbocycles. The molecule has 5 rings (SSSR count). The van der Waals surface area contributed by atoms with Crippen LogP contribution in [0.25, 0.3) is 23.2 Å². The Hall–Kier alpha value is -5.22. The zero-order chi connectivity index (χ0) is 36.2. The molecule has 0 radical (unpaired) electrons. The van der Waals surface area contributed by atoms with Gasteiger partial charge in [0.25, 0.3) is 0 Å². The van der Waals surface area contributed by atoms with Crippen LogP contribution < -0.4 is 15.0 Å². The van der Waals surface area contributed by atoms with Crippen LogP contribution >= 0.6 is 24.0 Å². The van der Waals surface area contributed by atoms with Gasteiger partial charge < -0.3 is 15.2 Å². The van der Waals surface area contributed by atoms with Gasteiger partial charge in [-0.05, 0) is 98.6 Å². The molecular weight excluding hydrogens is 692 g/mol. The number of thiocarbonyl (C=S) groups is 1. The number of aromatic nitrogens is 3. The number of aliphatic imine (C=N–C) groups is 1. The number of alkyl halides is 3. The fourth-order valence-corrected chi connectivity index (χ4v) is 6.26. The van der Waals surface area contributed by atoms with Crippen LogP contribution in [0.1, 0.15) is 29.2 Å². The van der Waals surface area contributed by atoms with Crippen molar-refractivity contribution in [1.29, 1.82) is 0 Å². The van der Waals surface area contributed by atoms with E-state index in [9.17, 15) is 27.9 Å². The summed E-state index contributed by atoms with van der Waals surface area (Å²) in [5, 5.41) is 17.7. The van der Waals surface area contributed by atoms with Crippen LogP contribution in [0.2, 0.25) is 0 Å². The molecule has 0 saturated carbocycles. The van der Waals surface area contributed by atoms with E-state index in [4.69, 9.17) is 12.2 Å². The molecule has 1 unspecified atom stereocenters. The number of rotatable bonds is 9. The number of benzene rings is 3. The zero-order valence-electron chi connectivity index (χ0n) is 27.3. The van der Waals surface area contributed by atoms with Crippen LogP contribution in [0.3, 0.4) is 0 Å². The highest BCUT2D eigenvalue weighted by Gasteiger charge is 2.32. The molecule has 2 amide bonds. The molecule has 1 atom stereocenters. The highest BCUT2D eigenvalue weighted by atomic mass is 32.2. The first kappa shape index (κ1) is 36.1. The molecule has 1 aliphatic heterocycles. The maximum Gasteiger partial charge on any atom is 0.573 e. The van der Waals surface area contributed by atoms with Crippen molar-refractivity contribution >= 4 is 58.0 Å². The average molecular weight is 724 g/mol. The number of nitrogens with zero attached hydrogens (tertiary/aromatic N) is 6. The van der Waals surface area contributed by atoms with Gasteiger partial charge in [-0.2, -0.15) is 4.99 Å². The molecule has 1 aromatic heterocycles. The van der Waals surface area contributed by atoms with Gasteiger partial charge in [0, 0.05) is 12.1 Å². The molecule has 2 N–H and O–H groups in total. The number of amidine groups is 1. The van der Waals surface area contributed by atoms with E-state index in [0.29, 0.717) is 22.2 Å². The van der Waals surface area contributed by atoms with Gasteiger partial charge in [0.1, 0.15) is 18.2 Å². The molecule has 50 heavy (non-hydrogen) atoms. The number of hydrogen-bond acceptors (Lipinski definition) is 7. The van der Waals surface area contributed by atoms with Crippen LogP contribution in [0.5, 0.6) is 5.75 Å². The lowest BCUT2D eigenvalue weighted by Gasteiger charge is -2.27. The summed E-state index contributed by atoms with van der Waals surface area (Å²) in [6, 6.07) is 16.4. The Kier molecular flexibility index (Phi) is 10.9. The SMILES string of the molecule is CCN(C(=O)O)C(/C=C/c1ccc(-c2ncn(-c3ccc(OC(F)(F)F)cc3)n2)cc1)NC(=S)/N=C1\SCC(=O)N1c1cc(C)cc(C)c1C. The molecule has 2 heterocycles. The number of thioether (sulfide) groups is 1. The van der Waals surface area contributed by atoms with Crippen LogP contribution in [0, 0.1) is 20.8 Å². The first-order valence-corrected chi connectivity index (χ1v) is 16.6. The third kappa shape index (κ3) is 8.67. The summed E-state index contributed by atoms with van der Waals surface area (Å²) < 4.78 is 42.7. The minimum atomic E-state index is -4.78. The smallest absolute Gasteiger partial charge is 0.465 e. The Balaban J connectivity index is 1.31. The quantitative estimate of drug-likeness (QED) is 0.137. The lowest BCUT2D eigenvalue weighted by molar-refractivity contribution is -0.274. The minimum Gasteiger partial charge on any atom is -0.465 e. The second-order valence-corrected chi connectivity index (χ2v) is 12.5. The van der Waals surface area contributed by atoms with Crippen molar-refractivity contribution in [2.24, 2.45) is 4.99 Å². The topological polar surface area (TPSA) is 125 Å². The number of halogens is 3. The fourth-order valence-electron chi connectivity index (χ4n) is 5.12. The van der Waals surface area contributed by atoms with E-state index >= 15 is 0 Å². The average Bonchev–Trinajstić information content (AvgIpc) is 3.68.